The molecule has 1 aliphatic heterocycles. The van der Waals surface area contributed by atoms with Crippen LogP contribution in [0.2, 0.25) is 10.0 Å². The van der Waals surface area contributed by atoms with Gasteiger partial charge in [0.05, 0.1) is 27.2 Å². The third-order valence-electron chi connectivity index (χ3n) is 4.55. The van der Waals surface area contributed by atoms with Crippen LogP contribution in [0.5, 0.6) is 11.5 Å². The third-order valence-corrected chi connectivity index (χ3v) is 5.87. The number of nitrogens with zero attached hydrogens (tertiary/aromatic N) is 1. The van der Waals surface area contributed by atoms with Gasteiger partial charge in [-0.25, -0.2) is 14.6 Å². The van der Waals surface area contributed by atoms with E-state index in [0.29, 0.717) is 37.0 Å². The highest BCUT2D eigenvalue weighted by Gasteiger charge is 2.25. The summed E-state index contributed by atoms with van der Waals surface area (Å²) in [6, 6.07) is 16.7. The summed E-state index contributed by atoms with van der Waals surface area (Å²) in [4.78, 5) is 29.1. The first kappa shape index (κ1) is 23.0. The number of esters is 2. The molecule has 6 nitrogen and oxygen atoms in total. The van der Waals surface area contributed by atoms with Gasteiger partial charge in [0.2, 0.25) is 5.90 Å². The minimum absolute atomic E-state index is 0.0825. The molecule has 0 amide bonds. The van der Waals surface area contributed by atoms with E-state index in [1.165, 1.54) is 13.2 Å². The molecular weight excluding hydrogens is 533 g/mol. The van der Waals surface area contributed by atoms with Gasteiger partial charge in [-0.3, -0.25) is 0 Å². The molecule has 1 aliphatic rings. The number of benzene rings is 3. The zero-order chi connectivity index (χ0) is 23.5. The smallest absolute Gasteiger partial charge is 0.363 e. The first-order valence-corrected chi connectivity index (χ1v) is 11.0. The van der Waals surface area contributed by atoms with E-state index in [9.17, 15) is 9.59 Å². The Balaban J connectivity index is 1.63. The van der Waals surface area contributed by atoms with Crippen LogP contribution in [0, 0.1) is 0 Å². The topological polar surface area (TPSA) is 74.2 Å². The van der Waals surface area contributed by atoms with Crippen LogP contribution in [0.3, 0.4) is 0 Å². The largest absolute Gasteiger partial charge is 0.493 e. The maximum Gasteiger partial charge on any atom is 0.363 e. The number of carbonyl (C=O) groups is 2. The lowest BCUT2D eigenvalue weighted by atomic mass is 10.1. The minimum Gasteiger partial charge on any atom is -0.493 e. The zero-order valence-electron chi connectivity index (χ0n) is 17.0. The second-order valence-electron chi connectivity index (χ2n) is 6.75. The predicted octanol–water partition coefficient (Wildman–Crippen LogP) is 6.33. The van der Waals surface area contributed by atoms with Gasteiger partial charge in [0.15, 0.2) is 17.2 Å². The lowest BCUT2D eigenvalue weighted by Gasteiger charge is -2.12. The fourth-order valence-corrected chi connectivity index (χ4v) is 3.81. The van der Waals surface area contributed by atoms with Crippen LogP contribution < -0.4 is 9.47 Å². The summed E-state index contributed by atoms with van der Waals surface area (Å²) in [5.41, 5.74) is 1.57. The van der Waals surface area contributed by atoms with Crippen LogP contribution in [0.25, 0.3) is 6.08 Å². The first-order valence-electron chi connectivity index (χ1n) is 9.48. The lowest BCUT2D eigenvalue weighted by molar-refractivity contribution is -0.129. The van der Waals surface area contributed by atoms with E-state index in [0.717, 1.165) is 0 Å². The molecule has 0 saturated carbocycles. The van der Waals surface area contributed by atoms with E-state index in [1.807, 2.05) is 0 Å². The maximum atomic E-state index is 12.4. The summed E-state index contributed by atoms with van der Waals surface area (Å²) in [6.07, 6.45) is 1.53. The SMILES string of the molecule is COc1cc(/C=C2\N=C(c3ccc(Cl)c(Cl)c3)OC2=O)cc(Br)c1OC(=O)c1ccccc1. The molecule has 0 aliphatic carbocycles. The first-order chi connectivity index (χ1) is 15.9. The number of hydrogen-bond donors (Lipinski definition) is 0. The van der Waals surface area contributed by atoms with Crippen molar-refractivity contribution in [3.8, 4) is 11.5 Å². The molecule has 3 aromatic carbocycles. The van der Waals surface area contributed by atoms with E-state index >= 15 is 0 Å². The number of ether oxygens (including phenoxy) is 3. The van der Waals surface area contributed by atoms with E-state index < -0.39 is 11.9 Å². The molecule has 3 aromatic rings. The lowest BCUT2D eigenvalue weighted by Crippen LogP contribution is -2.09. The van der Waals surface area contributed by atoms with Crippen LogP contribution in [-0.2, 0) is 9.53 Å². The van der Waals surface area contributed by atoms with E-state index in [2.05, 4.69) is 20.9 Å². The van der Waals surface area contributed by atoms with Crippen molar-refractivity contribution >= 4 is 63.0 Å². The molecule has 9 heteroatoms. The molecule has 33 heavy (non-hydrogen) atoms. The molecule has 0 radical (unpaired) electrons. The Labute approximate surface area is 207 Å². The zero-order valence-corrected chi connectivity index (χ0v) is 20.1. The van der Waals surface area contributed by atoms with Gasteiger partial charge in [-0.1, -0.05) is 41.4 Å². The molecule has 166 valence electrons. The quantitative estimate of drug-likeness (QED) is 0.212. The van der Waals surface area contributed by atoms with Gasteiger partial charge in [-0.05, 0) is 70.0 Å². The highest BCUT2D eigenvalue weighted by Crippen LogP contribution is 2.38. The Morgan fingerprint density at radius 2 is 1.82 bits per heavy atom. The minimum atomic E-state index is -0.620. The second kappa shape index (κ2) is 9.79. The molecule has 0 N–H and O–H groups in total. The summed E-state index contributed by atoms with van der Waals surface area (Å²) in [7, 11) is 1.45. The standard InChI is InChI=1S/C24H14BrCl2NO5/c1-31-20-11-13(9-16(25)21(20)32-23(29)14-5-3-2-4-6-14)10-19-24(30)33-22(28-19)15-7-8-17(26)18(27)12-15/h2-12H,1H3/b19-10-. The number of cyclic esters (lactones) is 1. The number of carbonyl (C=O) groups excluding carboxylic acids is 2. The van der Waals surface area contributed by atoms with Gasteiger partial charge in [0.1, 0.15) is 0 Å². The summed E-state index contributed by atoms with van der Waals surface area (Å²) in [5.74, 6) is -0.533. The van der Waals surface area contributed by atoms with Gasteiger partial charge < -0.3 is 14.2 Å². The van der Waals surface area contributed by atoms with E-state index in [1.54, 1.807) is 60.7 Å². The van der Waals surface area contributed by atoms with E-state index in [-0.39, 0.29) is 17.3 Å². The van der Waals surface area contributed by atoms with Crippen molar-refractivity contribution in [2.75, 3.05) is 7.11 Å². The highest BCUT2D eigenvalue weighted by atomic mass is 79.9. The summed E-state index contributed by atoms with van der Waals surface area (Å²) < 4.78 is 16.6. The van der Waals surface area contributed by atoms with Crippen molar-refractivity contribution in [3.05, 3.63) is 97.6 Å². The van der Waals surface area contributed by atoms with E-state index in [4.69, 9.17) is 37.4 Å². The molecule has 0 unspecified atom stereocenters. The molecule has 0 spiro atoms. The molecule has 0 aromatic heterocycles. The van der Waals surface area contributed by atoms with Crippen molar-refractivity contribution < 1.29 is 23.8 Å². The Bertz CT molecular complexity index is 1320. The Morgan fingerprint density at radius 3 is 2.52 bits per heavy atom. The van der Waals surface area contributed by atoms with Crippen molar-refractivity contribution in [2.45, 2.75) is 0 Å². The fourth-order valence-electron chi connectivity index (χ4n) is 2.97. The maximum absolute atomic E-state index is 12.4. The summed E-state index contributed by atoms with van der Waals surface area (Å²) >= 11 is 15.4. The fraction of sp³-hybridized carbons (Fsp3) is 0.0417. The summed E-state index contributed by atoms with van der Waals surface area (Å²) in [5, 5.41) is 0.700. The van der Waals surface area contributed by atoms with Gasteiger partial charge in [0.25, 0.3) is 0 Å². The monoisotopic (exact) mass is 545 g/mol. The van der Waals surface area contributed by atoms with Crippen LogP contribution in [0.1, 0.15) is 21.5 Å². The highest BCUT2D eigenvalue weighted by molar-refractivity contribution is 9.10. The Hall–Kier alpha value is -3.13. The molecule has 0 saturated heterocycles. The Morgan fingerprint density at radius 1 is 1.06 bits per heavy atom. The van der Waals surface area contributed by atoms with Crippen molar-refractivity contribution in [1.29, 1.82) is 0 Å². The molecule has 0 fully saturated rings. The van der Waals surface area contributed by atoms with Crippen LogP contribution in [-0.4, -0.2) is 24.9 Å². The van der Waals surface area contributed by atoms with Crippen LogP contribution >= 0.6 is 39.1 Å². The predicted molar refractivity (Wildman–Crippen MR) is 129 cm³/mol. The third kappa shape index (κ3) is 5.11. The average molecular weight is 547 g/mol. The summed E-state index contributed by atoms with van der Waals surface area (Å²) in [6.45, 7) is 0. The normalized spacial score (nSPS) is 14.1. The van der Waals surface area contributed by atoms with Crippen LogP contribution in [0.4, 0.5) is 0 Å². The molecule has 0 bridgehead atoms. The average Bonchev–Trinajstić information content (AvgIpc) is 3.17. The van der Waals surface area contributed by atoms with Gasteiger partial charge >= 0.3 is 11.9 Å². The van der Waals surface area contributed by atoms with Gasteiger partial charge in [-0.15, -0.1) is 0 Å². The number of aliphatic imine (C=N–C) groups is 1. The van der Waals surface area contributed by atoms with Crippen molar-refractivity contribution in [1.82, 2.24) is 0 Å². The molecule has 4 rings (SSSR count). The van der Waals surface area contributed by atoms with Gasteiger partial charge in [0, 0.05) is 5.56 Å². The van der Waals surface area contributed by atoms with Crippen molar-refractivity contribution in [2.24, 2.45) is 4.99 Å². The molecule has 0 atom stereocenters. The second-order valence-corrected chi connectivity index (χ2v) is 8.42. The Kier molecular flexibility index (Phi) is 6.83. The molecular formula is C24H14BrCl2NO5. The van der Waals surface area contributed by atoms with Crippen LogP contribution in [0.15, 0.2) is 75.8 Å². The molecule has 1 heterocycles. The number of methoxy groups -OCH3 is 1. The number of rotatable bonds is 5. The number of hydrogen-bond acceptors (Lipinski definition) is 6. The van der Waals surface area contributed by atoms with Gasteiger partial charge in [-0.2, -0.15) is 0 Å². The van der Waals surface area contributed by atoms with Crippen molar-refractivity contribution in [3.63, 3.8) is 0 Å². The number of halogens is 3.